The van der Waals surface area contributed by atoms with Crippen molar-refractivity contribution in [3.8, 4) is 0 Å². The van der Waals surface area contributed by atoms with E-state index in [0.29, 0.717) is 5.69 Å². The van der Waals surface area contributed by atoms with Crippen LogP contribution in [0.4, 0.5) is 4.39 Å². The van der Waals surface area contributed by atoms with Gasteiger partial charge >= 0.3 is 0 Å². The molecule has 3 nitrogen and oxygen atoms in total. The largest absolute Gasteiger partial charge is 0.388 e. The van der Waals surface area contributed by atoms with Gasteiger partial charge in [-0.15, -0.1) is 0 Å². The first kappa shape index (κ1) is 8.12. The van der Waals surface area contributed by atoms with Gasteiger partial charge in [0.1, 0.15) is 10.7 Å². The number of rotatable bonds is 1. The van der Waals surface area contributed by atoms with Crippen molar-refractivity contribution >= 4 is 22.9 Å². The standard InChI is InChI=1S/C8H6FN3S/c9-5-2-1-3-12-4-6(7(10)13)11-8(5)12/h1-4H,(H2,10,13). The van der Waals surface area contributed by atoms with Crippen molar-refractivity contribution in [1.29, 1.82) is 0 Å². The molecule has 0 bridgehead atoms. The molecule has 0 spiro atoms. The number of halogens is 1. The lowest BCUT2D eigenvalue weighted by atomic mass is 10.4. The Balaban J connectivity index is 2.75. The molecule has 0 saturated carbocycles. The van der Waals surface area contributed by atoms with E-state index >= 15 is 0 Å². The molecule has 2 heterocycles. The fraction of sp³-hybridized carbons (Fsp3) is 0. The number of nitrogens with two attached hydrogens (primary N) is 1. The Kier molecular flexibility index (Phi) is 1.73. The lowest BCUT2D eigenvalue weighted by Crippen LogP contribution is -2.09. The highest BCUT2D eigenvalue weighted by molar-refractivity contribution is 7.80. The Morgan fingerprint density at radius 2 is 2.38 bits per heavy atom. The summed E-state index contributed by atoms with van der Waals surface area (Å²) in [6.07, 6.45) is 3.29. The van der Waals surface area contributed by atoms with Crippen molar-refractivity contribution in [2.24, 2.45) is 5.73 Å². The van der Waals surface area contributed by atoms with Crippen LogP contribution in [0.1, 0.15) is 5.69 Å². The maximum Gasteiger partial charge on any atom is 0.173 e. The van der Waals surface area contributed by atoms with Crippen molar-refractivity contribution in [2.75, 3.05) is 0 Å². The highest BCUT2D eigenvalue weighted by atomic mass is 32.1. The number of pyridine rings is 1. The zero-order valence-electron chi connectivity index (χ0n) is 6.57. The van der Waals surface area contributed by atoms with E-state index in [0.717, 1.165) is 0 Å². The van der Waals surface area contributed by atoms with Crippen molar-refractivity contribution in [3.05, 3.63) is 36.0 Å². The van der Waals surface area contributed by atoms with Gasteiger partial charge in [0.25, 0.3) is 0 Å². The lowest BCUT2D eigenvalue weighted by molar-refractivity contribution is 0.630. The summed E-state index contributed by atoms with van der Waals surface area (Å²) in [5, 5.41) is 0. The lowest BCUT2D eigenvalue weighted by Gasteiger charge is -1.90. The van der Waals surface area contributed by atoms with E-state index in [1.807, 2.05) is 0 Å². The molecule has 0 aliphatic heterocycles. The molecule has 0 amide bonds. The third kappa shape index (κ3) is 1.27. The van der Waals surface area contributed by atoms with E-state index in [2.05, 4.69) is 4.98 Å². The third-order valence-electron chi connectivity index (χ3n) is 1.69. The summed E-state index contributed by atoms with van der Waals surface area (Å²) in [6, 6.07) is 2.93. The van der Waals surface area contributed by atoms with E-state index in [1.54, 1.807) is 22.9 Å². The quantitative estimate of drug-likeness (QED) is 0.693. The third-order valence-corrected chi connectivity index (χ3v) is 1.90. The van der Waals surface area contributed by atoms with Gasteiger partial charge in [0.2, 0.25) is 0 Å². The molecule has 2 rings (SSSR count). The van der Waals surface area contributed by atoms with Crippen LogP contribution in [0.2, 0.25) is 0 Å². The van der Waals surface area contributed by atoms with E-state index in [9.17, 15) is 4.39 Å². The van der Waals surface area contributed by atoms with Gasteiger partial charge in [-0.3, -0.25) is 0 Å². The first-order valence-electron chi connectivity index (χ1n) is 3.61. The summed E-state index contributed by atoms with van der Waals surface area (Å²) in [7, 11) is 0. The number of thiocarbonyl (C=S) groups is 1. The number of imidazole rings is 1. The molecule has 2 aromatic heterocycles. The average molecular weight is 195 g/mol. The molecule has 0 atom stereocenters. The van der Waals surface area contributed by atoms with Crippen LogP contribution in [0.25, 0.3) is 5.65 Å². The molecule has 5 heteroatoms. The molecular weight excluding hydrogens is 189 g/mol. The number of fused-ring (bicyclic) bond motifs is 1. The van der Waals surface area contributed by atoms with Gasteiger partial charge in [-0.25, -0.2) is 9.37 Å². The number of hydrogen-bond donors (Lipinski definition) is 1. The van der Waals surface area contributed by atoms with Crippen LogP contribution in [0.15, 0.2) is 24.5 Å². The zero-order chi connectivity index (χ0) is 9.42. The second-order valence-corrected chi connectivity index (χ2v) is 3.02. The molecule has 0 saturated heterocycles. The maximum absolute atomic E-state index is 13.1. The van der Waals surface area contributed by atoms with Gasteiger partial charge in [0.15, 0.2) is 11.5 Å². The maximum atomic E-state index is 13.1. The Labute approximate surface area is 79.0 Å². The van der Waals surface area contributed by atoms with Crippen molar-refractivity contribution < 1.29 is 4.39 Å². The van der Waals surface area contributed by atoms with Gasteiger partial charge < -0.3 is 10.1 Å². The summed E-state index contributed by atoms with van der Waals surface area (Å²) in [5.74, 6) is -0.384. The Morgan fingerprint density at radius 3 is 3.00 bits per heavy atom. The van der Waals surface area contributed by atoms with E-state index in [4.69, 9.17) is 18.0 Å². The van der Waals surface area contributed by atoms with E-state index in [-0.39, 0.29) is 16.5 Å². The topological polar surface area (TPSA) is 43.3 Å². The number of aromatic nitrogens is 2. The fourth-order valence-corrected chi connectivity index (χ4v) is 1.20. The van der Waals surface area contributed by atoms with Crippen LogP contribution in [-0.4, -0.2) is 14.4 Å². The molecule has 0 unspecified atom stereocenters. The Bertz CT molecular complexity index is 477. The molecular formula is C8H6FN3S. The molecule has 0 aliphatic carbocycles. The van der Waals surface area contributed by atoms with Crippen LogP contribution in [0, 0.1) is 5.82 Å². The first-order chi connectivity index (χ1) is 6.18. The van der Waals surface area contributed by atoms with Gasteiger partial charge in [0, 0.05) is 12.4 Å². The molecule has 13 heavy (non-hydrogen) atoms. The summed E-state index contributed by atoms with van der Waals surface area (Å²) < 4.78 is 14.6. The van der Waals surface area contributed by atoms with Crippen LogP contribution >= 0.6 is 12.2 Å². The smallest absolute Gasteiger partial charge is 0.173 e. The molecule has 66 valence electrons. The molecule has 0 radical (unpaired) electrons. The normalized spacial score (nSPS) is 10.5. The molecule has 2 aromatic rings. The van der Waals surface area contributed by atoms with Crippen molar-refractivity contribution in [1.82, 2.24) is 9.38 Å². The second kappa shape index (κ2) is 2.77. The Morgan fingerprint density at radius 1 is 1.62 bits per heavy atom. The average Bonchev–Trinajstić information content (AvgIpc) is 2.49. The van der Waals surface area contributed by atoms with Gasteiger partial charge in [0.05, 0.1) is 0 Å². The molecule has 0 fully saturated rings. The van der Waals surface area contributed by atoms with Crippen LogP contribution in [0.5, 0.6) is 0 Å². The van der Waals surface area contributed by atoms with Crippen LogP contribution in [-0.2, 0) is 0 Å². The summed E-state index contributed by atoms with van der Waals surface area (Å²) in [6.45, 7) is 0. The first-order valence-corrected chi connectivity index (χ1v) is 4.02. The van der Waals surface area contributed by atoms with Gasteiger partial charge in [-0.1, -0.05) is 12.2 Å². The van der Waals surface area contributed by atoms with Gasteiger partial charge in [-0.05, 0) is 12.1 Å². The summed E-state index contributed by atoms with van der Waals surface area (Å²) in [5.41, 5.74) is 6.03. The molecule has 2 N–H and O–H groups in total. The second-order valence-electron chi connectivity index (χ2n) is 2.58. The molecule has 0 aliphatic rings. The van der Waals surface area contributed by atoms with Crippen LogP contribution in [0.3, 0.4) is 0 Å². The van der Waals surface area contributed by atoms with Crippen molar-refractivity contribution in [3.63, 3.8) is 0 Å². The predicted octanol–water partition coefficient (Wildman–Crippen LogP) is 1.11. The molecule has 0 aromatic carbocycles. The summed E-state index contributed by atoms with van der Waals surface area (Å²) >= 11 is 4.73. The number of hydrogen-bond acceptors (Lipinski definition) is 2. The zero-order valence-corrected chi connectivity index (χ0v) is 7.38. The van der Waals surface area contributed by atoms with E-state index < -0.39 is 0 Å². The summed E-state index contributed by atoms with van der Waals surface area (Å²) in [4.78, 5) is 4.10. The van der Waals surface area contributed by atoms with Crippen LogP contribution < -0.4 is 5.73 Å². The Hall–Kier alpha value is -1.49. The fourth-order valence-electron chi connectivity index (χ4n) is 1.10. The van der Waals surface area contributed by atoms with E-state index in [1.165, 1.54) is 6.07 Å². The minimum absolute atomic E-state index is 0.170. The monoisotopic (exact) mass is 195 g/mol. The van der Waals surface area contributed by atoms with Crippen molar-refractivity contribution in [2.45, 2.75) is 0 Å². The van der Waals surface area contributed by atoms with Gasteiger partial charge in [-0.2, -0.15) is 0 Å². The highest BCUT2D eigenvalue weighted by Gasteiger charge is 2.06. The minimum Gasteiger partial charge on any atom is -0.388 e. The highest BCUT2D eigenvalue weighted by Crippen LogP contribution is 2.08. The minimum atomic E-state index is -0.384. The number of nitrogens with zero attached hydrogens (tertiary/aromatic N) is 2. The SMILES string of the molecule is NC(=S)c1cn2cccc(F)c2n1. The predicted molar refractivity (Wildman–Crippen MR) is 51.0 cm³/mol.